The molecule has 0 aromatic carbocycles. The second-order valence-electron chi connectivity index (χ2n) is 11.2. The number of hydrogen-bond acceptors (Lipinski definition) is 7. The van der Waals surface area contributed by atoms with Gasteiger partial charge in [0, 0.05) is 26.0 Å². The first kappa shape index (κ1) is 26.3. The van der Waals surface area contributed by atoms with E-state index in [1.54, 1.807) is 14.0 Å². The van der Waals surface area contributed by atoms with Gasteiger partial charge in [0.1, 0.15) is 0 Å². The molecule has 196 valence electrons. The maximum Gasteiger partial charge on any atom is 0.240 e. The van der Waals surface area contributed by atoms with E-state index < -0.39 is 38.2 Å². The van der Waals surface area contributed by atoms with Gasteiger partial charge in [-0.15, -0.1) is 0 Å². The highest BCUT2D eigenvalue weighted by molar-refractivity contribution is 7.91. The van der Waals surface area contributed by atoms with Crippen LogP contribution in [0.4, 0.5) is 0 Å². The lowest BCUT2D eigenvalue weighted by atomic mass is 9.87. The Hall–Kier alpha value is -1.78. The zero-order chi connectivity index (χ0) is 25.6. The summed E-state index contributed by atoms with van der Waals surface area (Å²) < 4.78 is 32.5. The van der Waals surface area contributed by atoms with Gasteiger partial charge in [-0.3, -0.25) is 19.1 Å². The summed E-state index contributed by atoms with van der Waals surface area (Å²) in [5.74, 6) is -1.59. The van der Waals surface area contributed by atoms with E-state index in [9.17, 15) is 22.8 Å². The Kier molecular flexibility index (Phi) is 7.20. The Labute approximate surface area is 208 Å². The van der Waals surface area contributed by atoms with Crippen LogP contribution in [0.25, 0.3) is 0 Å². The number of nitrogens with zero attached hydrogens (tertiary/aromatic N) is 1. The second kappa shape index (κ2) is 9.59. The molecule has 1 unspecified atom stereocenters. The molecule has 9 nitrogen and oxygen atoms in total. The third-order valence-electron chi connectivity index (χ3n) is 8.69. The molecule has 0 aromatic heterocycles. The molecule has 2 aliphatic heterocycles. The van der Waals surface area contributed by atoms with Crippen molar-refractivity contribution in [3.63, 3.8) is 0 Å². The highest BCUT2D eigenvalue weighted by Gasteiger charge is 2.63. The zero-order valence-electron chi connectivity index (χ0n) is 21.0. The number of nitrogens with one attached hydrogen (secondary N) is 1. The molecule has 2 amide bonds. The molecule has 0 aromatic rings. The number of ketones is 1. The number of ether oxygens (including phenoxy) is 1. The molecule has 4 aliphatic rings. The summed E-state index contributed by atoms with van der Waals surface area (Å²) in [4.78, 5) is 41.9. The van der Waals surface area contributed by atoms with Crippen molar-refractivity contribution in [1.29, 1.82) is 0 Å². The molecular weight excluding hydrogens is 470 g/mol. The van der Waals surface area contributed by atoms with Crippen molar-refractivity contribution in [2.24, 2.45) is 23.0 Å². The highest BCUT2D eigenvalue weighted by atomic mass is 32.2. The first-order valence-electron chi connectivity index (χ1n) is 12.8. The summed E-state index contributed by atoms with van der Waals surface area (Å²) >= 11 is 0. The molecule has 4 rings (SSSR count). The molecule has 1 saturated heterocycles. The van der Waals surface area contributed by atoms with Gasteiger partial charge in [-0.1, -0.05) is 31.9 Å². The van der Waals surface area contributed by atoms with Crippen LogP contribution in [-0.2, 0) is 29.1 Å². The molecule has 0 spiro atoms. The summed E-state index contributed by atoms with van der Waals surface area (Å²) in [6.07, 6.45) is 9.06. The third-order valence-corrected chi connectivity index (χ3v) is 10.8. The fraction of sp³-hybridized carbons (Fsp3) is 0.800. The third kappa shape index (κ3) is 4.93. The van der Waals surface area contributed by atoms with Crippen LogP contribution >= 0.6 is 0 Å². The smallest absolute Gasteiger partial charge is 0.240 e. The number of Topliss-reactive ketones (excluding diaryl/α,β-unsaturated/α-hetero) is 1. The van der Waals surface area contributed by atoms with Gasteiger partial charge in [0.15, 0.2) is 5.78 Å². The topological polar surface area (TPSA) is 136 Å². The van der Waals surface area contributed by atoms with Gasteiger partial charge in [0.2, 0.25) is 21.8 Å². The number of sulfonamides is 1. The number of carbonyl (C=O) groups is 3. The first-order valence-corrected chi connectivity index (χ1v) is 14.3. The molecule has 2 saturated carbocycles. The summed E-state index contributed by atoms with van der Waals surface area (Å²) in [5.41, 5.74) is 5.11. The Bertz CT molecular complexity index is 1010. The van der Waals surface area contributed by atoms with E-state index in [-0.39, 0.29) is 42.6 Å². The lowest BCUT2D eigenvalue weighted by Gasteiger charge is -2.29. The Morgan fingerprint density at radius 3 is 2.60 bits per heavy atom. The summed E-state index contributed by atoms with van der Waals surface area (Å²) in [6.45, 7) is 3.78. The van der Waals surface area contributed by atoms with Crippen LogP contribution in [0.1, 0.15) is 71.6 Å². The molecule has 2 aliphatic carbocycles. The average molecular weight is 510 g/mol. The number of amides is 2. The van der Waals surface area contributed by atoms with Crippen molar-refractivity contribution in [1.82, 2.24) is 9.62 Å². The van der Waals surface area contributed by atoms with Crippen molar-refractivity contribution >= 4 is 27.6 Å². The molecule has 35 heavy (non-hydrogen) atoms. The van der Waals surface area contributed by atoms with E-state index in [2.05, 4.69) is 4.72 Å². The zero-order valence-corrected chi connectivity index (χ0v) is 21.8. The number of allylic oxidation sites excluding steroid dienone is 2. The van der Waals surface area contributed by atoms with Crippen LogP contribution in [0.5, 0.6) is 0 Å². The van der Waals surface area contributed by atoms with Gasteiger partial charge in [0.05, 0.1) is 28.3 Å². The van der Waals surface area contributed by atoms with Crippen LogP contribution in [0, 0.1) is 17.3 Å². The minimum absolute atomic E-state index is 0.121. The average Bonchev–Trinajstić information content (AvgIpc) is 3.69. The molecule has 3 fully saturated rings. The van der Waals surface area contributed by atoms with Crippen molar-refractivity contribution in [2.75, 3.05) is 13.7 Å². The molecule has 10 heteroatoms. The second-order valence-corrected chi connectivity index (χ2v) is 13.4. The first-order chi connectivity index (χ1) is 16.5. The number of hydrogen-bond donors (Lipinski definition) is 2. The van der Waals surface area contributed by atoms with Crippen molar-refractivity contribution < 1.29 is 27.5 Å². The Balaban J connectivity index is 1.63. The van der Waals surface area contributed by atoms with E-state index in [1.165, 1.54) is 4.90 Å². The summed E-state index contributed by atoms with van der Waals surface area (Å²) in [7, 11) is -2.26. The predicted octanol–water partition coefficient (Wildman–Crippen LogP) is 1.66. The maximum absolute atomic E-state index is 13.7. The molecule has 0 radical (unpaired) electrons. The van der Waals surface area contributed by atoms with Gasteiger partial charge in [0.25, 0.3) is 0 Å². The highest BCUT2D eigenvalue weighted by Crippen LogP contribution is 2.57. The number of fused-ring (bicyclic) bond motifs is 2. The fourth-order valence-electron chi connectivity index (χ4n) is 5.68. The molecule has 3 N–H and O–H groups in total. The number of nitrogens with two attached hydrogens (primary N) is 1. The maximum atomic E-state index is 13.7. The van der Waals surface area contributed by atoms with E-state index in [0.717, 1.165) is 25.7 Å². The van der Waals surface area contributed by atoms with Crippen molar-refractivity contribution in [3.8, 4) is 0 Å². The van der Waals surface area contributed by atoms with Crippen LogP contribution in [-0.4, -0.2) is 67.5 Å². The van der Waals surface area contributed by atoms with Gasteiger partial charge in [-0.2, -0.15) is 0 Å². The minimum Gasteiger partial charge on any atom is -0.379 e. The van der Waals surface area contributed by atoms with Gasteiger partial charge >= 0.3 is 0 Å². The lowest BCUT2D eigenvalue weighted by molar-refractivity contribution is -0.140. The summed E-state index contributed by atoms with van der Waals surface area (Å²) in [5, 5.41) is 0. The van der Waals surface area contributed by atoms with E-state index in [4.69, 9.17) is 10.5 Å². The number of rotatable bonds is 4. The van der Waals surface area contributed by atoms with E-state index >= 15 is 0 Å². The van der Waals surface area contributed by atoms with Gasteiger partial charge in [-0.05, 0) is 51.4 Å². The molecule has 2 heterocycles. The normalized spacial score (nSPS) is 38.5. The van der Waals surface area contributed by atoms with Crippen LogP contribution in [0.2, 0.25) is 0 Å². The molecule has 6 atom stereocenters. The minimum atomic E-state index is -3.82. The molecule has 0 bridgehead atoms. The van der Waals surface area contributed by atoms with Gasteiger partial charge < -0.3 is 15.4 Å². The van der Waals surface area contributed by atoms with Crippen molar-refractivity contribution in [2.45, 2.75) is 94.6 Å². The predicted molar refractivity (Wildman–Crippen MR) is 131 cm³/mol. The number of carbonyl (C=O) groups excluding carboxylic acids is 3. The van der Waals surface area contributed by atoms with Gasteiger partial charge in [-0.25, -0.2) is 8.42 Å². The Morgan fingerprint density at radius 2 is 1.94 bits per heavy atom. The summed E-state index contributed by atoms with van der Waals surface area (Å²) in [6, 6.07) is -1.44. The van der Waals surface area contributed by atoms with E-state index in [0.29, 0.717) is 25.7 Å². The number of methoxy groups -OCH3 is 1. The Morgan fingerprint density at radius 1 is 1.23 bits per heavy atom. The standard InChI is InChI=1S/C25H39N3O6S/c1-16-20(34-3)15-28-21(16)19(29)14-25(23(31)27-35(32,33)24(2)11-12-24)13-17(25)9-7-5-4-6-8-10-18(26)22(28)30/h7,9,16-18,20-21H,4-6,8,10-15,26H2,1-3H3,(H,27,31)/b9-7-/t16?,17-,18+,20+,21+,25-/m1/s1. The lowest BCUT2D eigenvalue weighted by Crippen LogP contribution is -2.51. The van der Waals surface area contributed by atoms with Crippen molar-refractivity contribution in [3.05, 3.63) is 12.2 Å². The van der Waals surface area contributed by atoms with Crippen LogP contribution in [0.3, 0.4) is 0 Å². The molecular formula is C25H39N3O6S. The van der Waals surface area contributed by atoms with Crippen LogP contribution < -0.4 is 10.5 Å². The SMILES string of the molecule is CO[C@H]1CN2C(=O)[C@@H](N)CCCCC/C=C\[C@@H]3C[C@@]3(C(=O)NS(=O)(=O)C3(C)CC3)CC(=O)[C@@H]2C1C. The van der Waals surface area contributed by atoms with Crippen LogP contribution in [0.15, 0.2) is 12.2 Å². The fourth-order valence-corrected chi connectivity index (χ4v) is 7.02. The quantitative estimate of drug-likeness (QED) is 0.550. The monoisotopic (exact) mass is 509 g/mol. The largest absolute Gasteiger partial charge is 0.379 e. The van der Waals surface area contributed by atoms with E-state index in [1.807, 2.05) is 19.1 Å².